The van der Waals surface area contributed by atoms with E-state index in [4.69, 9.17) is 0 Å². The second-order valence-electron chi connectivity index (χ2n) is 7.57. The largest absolute Gasteiger partial charge is 0.387 e. The molecule has 0 saturated carbocycles. The second-order valence-corrected chi connectivity index (χ2v) is 9.55. The minimum Gasteiger partial charge on any atom is -0.387 e. The fourth-order valence-corrected chi connectivity index (χ4v) is 5.41. The van der Waals surface area contributed by atoms with Crippen LogP contribution in [0.2, 0.25) is 0 Å². The normalized spacial score (nSPS) is 35.1. The van der Waals surface area contributed by atoms with Gasteiger partial charge in [-0.2, -0.15) is 0 Å². The highest BCUT2D eigenvalue weighted by atomic mass is 32.2. The van der Waals surface area contributed by atoms with E-state index in [1.807, 2.05) is 0 Å². The molecule has 3 fully saturated rings. The first-order chi connectivity index (χ1) is 10.9. The van der Waals surface area contributed by atoms with Gasteiger partial charge in [0.1, 0.15) is 0 Å². The molecule has 2 atom stereocenters. The number of hydrogen-bond acceptors (Lipinski definition) is 5. The van der Waals surface area contributed by atoms with Crippen molar-refractivity contribution in [3.05, 3.63) is 0 Å². The molecule has 134 valence electrons. The van der Waals surface area contributed by atoms with Crippen LogP contribution < -0.4 is 5.32 Å². The molecule has 3 saturated heterocycles. The van der Waals surface area contributed by atoms with Gasteiger partial charge in [-0.3, -0.25) is 4.90 Å². The Labute approximate surface area is 140 Å². The van der Waals surface area contributed by atoms with Crippen molar-refractivity contribution in [2.24, 2.45) is 0 Å². The molecule has 23 heavy (non-hydrogen) atoms. The quantitative estimate of drug-likeness (QED) is 0.771. The van der Waals surface area contributed by atoms with Crippen LogP contribution in [-0.2, 0) is 10.0 Å². The summed E-state index contributed by atoms with van der Waals surface area (Å²) in [5.74, 6) is 0. The Kier molecular flexibility index (Phi) is 5.33. The topological polar surface area (TPSA) is 72.9 Å². The van der Waals surface area contributed by atoms with E-state index < -0.39 is 15.6 Å². The van der Waals surface area contributed by atoms with Gasteiger partial charge >= 0.3 is 0 Å². The molecule has 0 amide bonds. The molecule has 0 spiro atoms. The minimum absolute atomic E-state index is 0.300. The van der Waals surface area contributed by atoms with Gasteiger partial charge < -0.3 is 10.4 Å². The number of hydrogen-bond donors (Lipinski definition) is 2. The average molecular weight is 346 g/mol. The summed E-state index contributed by atoms with van der Waals surface area (Å²) >= 11 is 0. The Morgan fingerprint density at radius 2 is 1.78 bits per heavy atom. The van der Waals surface area contributed by atoms with Crippen molar-refractivity contribution in [3.63, 3.8) is 0 Å². The van der Waals surface area contributed by atoms with Crippen molar-refractivity contribution in [1.29, 1.82) is 0 Å². The molecule has 7 heteroatoms. The minimum atomic E-state index is -3.06. The van der Waals surface area contributed by atoms with Crippen molar-refractivity contribution in [1.82, 2.24) is 14.5 Å². The van der Waals surface area contributed by atoms with Gasteiger partial charge in [-0.15, -0.1) is 0 Å². The lowest BCUT2D eigenvalue weighted by Gasteiger charge is -2.50. The lowest BCUT2D eigenvalue weighted by molar-refractivity contribution is -0.0933. The van der Waals surface area contributed by atoms with Crippen LogP contribution >= 0.6 is 0 Å². The van der Waals surface area contributed by atoms with Gasteiger partial charge in [0.25, 0.3) is 0 Å². The van der Waals surface area contributed by atoms with E-state index in [9.17, 15) is 13.5 Å². The molecule has 0 unspecified atom stereocenters. The maximum atomic E-state index is 11.6. The van der Waals surface area contributed by atoms with Crippen LogP contribution in [0.4, 0.5) is 0 Å². The summed E-state index contributed by atoms with van der Waals surface area (Å²) in [4.78, 5) is 2.47. The van der Waals surface area contributed by atoms with Crippen LogP contribution in [-0.4, -0.2) is 79.4 Å². The first kappa shape index (κ1) is 17.6. The Balaban J connectivity index is 1.52. The fourth-order valence-electron chi connectivity index (χ4n) is 4.54. The third kappa shape index (κ3) is 4.07. The summed E-state index contributed by atoms with van der Waals surface area (Å²) < 4.78 is 24.7. The maximum Gasteiger partial charge on any atom is 0.211 e. The van der Waals surface area contributed by atoms with Gasteiger partial charge in [0.15, 0.2) is 0 Å². The van der Waals surface area contributed by atoms with Gasteiger partial charge in [0.2, 0.25) is 10.0 Å². The zero-order chi connectivity index (χ0) is 16.5. The second kappa shape index (κ2) is 6.96. The summed E-state index contributed by atoms with van der Waals surface area (Å²) in [7, 11) is -3.06. The molecule has 3 aliphatic heterocycles. The van der Waals surface area contributed by atoms with Crippen molar-refractivity contribution in [2.75, 3.05) is 39.0 Å². The molecule has 2 N–H and O–H groups in total. The Bertz CT molecular complexity index is 503. The third-order valence-electron chi connectivity index (χ3n) is 5.91. The number of nitrogens with zero attached hydrogens (tertiary/aromatic N) is 2. The Morgan fingerprint density at radius 3 is 2.48 bits per heavy atom. The Morgan fingerprint density at radius 1 is 1.09 bits per heavy atom. The average Bonchev–Trinajstić information content (AvgIpc) is 2.53. The Hall–Kier alpha value is -0.210. The highest BCUT2D eigenvalue weighted by Gasteiger charge is 2.44. The van der Waals surface area contributed by atoms with Crippen LogP contribution in [0.5, 0.6) is 0 Å². The number of sulfonamides is 1. The molecular formula is C16H31N3O3S. The SMILES string of the molecule is CS(=O)(=O)N1CCC(NC[C@]2(O)CCCN3CCCC[C@@H]32)CC1. The zero-order valence-electron chi connectivity index (χ0n) is 14.2. The molecule has 0 aliphatic carbocycles. The van der Waals surface area contributed by atoms with Gasteiger partial charge in [-0.25, -0.2) is 12.7 Å². The van der Waals surface area contributed by atoms with E-state index in [-0.39, 0.29) is 0 Å². The van der Waals surface area contributed by atoms with E-state index in [0.29, 0.717) is 31.7 Å². The number of nitrogens with one attached hydrogen (secondary N) is 1. The molecule has 0 aromatic heterocycles. The molecule has 3 aliphatic rings. The van der Waals surface area contributed by atoms with Crippen molar-refractivity contribution in [2.45, 2.75) is 62.6 Å². The number of fused-ring (bicyclic) bond motifs is 1. The van der Waals surface area contributed by atoms with E-state index >= 15 is 0 Å². The van der Waals surface area contributed by atoms with Crippen molar-refractivity contribution in [3.8, 4) is 0 Å². The van der Waals surface area contributed by atoms with Gasteiger partial charge in [0.05, 0.1) is 11.9 Å². The predicted octanol–water partition coefficient (Wildman–Crippen LogP) is 0.379. The van der Waals surface area contributed by atoms with Crippen molar-refractivity contribution >= 4 is 10.0 Å². The molecule has 0 bridgehead atoms. The fraction of sp³-hybridized carbons (Fsp3) is 1.00. The van der Waals surface area contributed by atoms with E-state index in [1.165, 1.54) is 19.1 Å². The highest BCUT2D eigenvalue weighted by Crippen LogP contribution is 2.34. The number of aliphatic hydroxyl groups is 1. The molecule has 0 aromatic rings. The standard InChI is InChI=1S/C16H31N3O3S/c1-23(21,22)19-11-6-14(7-12-19)17-13-16(20)8-4-10-18-9-3-2-5-15(16)18/h14-15,17,20H,2-13H2,1H3/t15-,16-/m1/s1. The van der Waals surface area contributed by atoms with Crippen LogP contribution in [0.3, 0.4) is 0 Å². The number of piperidine rings is 3. The van der Waals surface area contributed by atoms with Crippen LogP contribution in [0.15, 0.2) is 0 Å². The monoisotopic (exact) mass is 345 g/mol. The first-order valence-electron chi connectivity index (χ1n) is 9.03. The summed E-state index contributed by atoms with van der Waals surface area (Å²) in [5, 5.41) is 14.7. The lowest BCUT2D eigenvalue weighted by Crippen LogP contribution is -2.63. The molecule has 3 heterocycles. The highest BCUT2D eigenvalue weighted by molar-refractivity contribution is 7.88. The van der Waals surface area contributed by atoms with Gasteiger partial charge in [-0.05, 0) is 51.6 Å². The zero-order valence-corrected chi connectivity index (χ0v) is 15.0. The summed E-state index contributed by atoms with van der Waals surface area (Å²) in [6.45, 7) is 4.06. The van der Waals surface area contributed by atoms with E-state index in [2.05, 4.69) is 10.2 Å². The predicted molar refractivity (Wildman–Crippen MR) is 90.8 cm³/mol. The van der Waals surface area contributed by atoms with E-state index in [1.54, 1.807) is 4.31 Å². The lowest BCUT2D eigenvalue weighted by atomic mass is 9.79. The van der Waals surface area contributed by atoms with Gasteiger partial charge in [-0.1, -0.05) is 6.42 Å². The summed E-state index contributed by atoms with van der Waals surface area (Å²) in [5.41, 5.74) is -0.618. The maximum absolute atomic E-state index is 11.6. The van der Waals surface area contributed by atoms with E-state index in [0.717, 1.165) is 45.2 Å². The molecule has 3 rings (SSSR count). The van der Waals surface area contributed by atoms with Crippen molar-refractivity contribution < 1.29 is 13.5 Å². The first-order valence-corrected chi connectivity index (χ1v) is 10.9. The van der Waals surface area contributed by atoms with Crippen LogP contribution in [0.1, 0.15) is 44.9 Å². The molecule has 0 radical (unpaired) electrons. The smallest absolute Gasteiger partial charge is 0.211 e. The number of rotatable bonds is 4. The molecular weight excluding hydrogens is 314 g/mol. The van der Waals surface area contributed by atoms with Gasteiger partial charge in [0, 0.05) is 31.7 Å². The summed E-state index contributed by atoms with van der Waals surface area (Å²) in [6, 6.07) is 0.615. The summed E-state index contributed by atoms with van der Waals surface area (Å²) in [6.07, 6.45) is 8.47. The molecule has 0 aromatic carbocycles. The van der Waals surface area contributed by atoms with Crippen LogP contribution in [0, 0.1) is 0 Å². The molecule has 6 nitrogen and oxygen atoms in total. The van der Waals surface area contributed by atoms with Crippen LogP contribution in [0.25, 0.3) is 0 Å². The third-order valence-corrected chi connectivity index (χ3v) is 7.21.